The smallest absolute Gasteiger partial charge is 0.219 e. The molecule has 0 aliphatic heterocycles. The molecule has 0 aliphatic rings. The van der Waals surface area contributed by atoms with Crippen molar-refractivity contribution < 1.29 is 14.6 Å². The first-order valence-corrected chi connectivity index (χ1v) is 5.75. The van der Waals surface area contributed by atoms with Gasteiger partial charge in [-0.25, -0.2) is 0 Å². The maximum absolute atomic E-state index is 11.0. The largest absolute Gasteiger partial charge is 0.494 e. The Balaban J connectivity index is 2.36. The van der Waals surface area contributed by atoms with Gasteiger partial charge in [-0.1, -0.05) is 12.1 Å². The lowest BCUT2D eigenvalue weighted by atomic mass is 10.1. The van der Waals surface area contributed by atoms with Gasteiger partial charge in [0.05, 0.1) is 12.7 Å². The number of rotatable bonds is 6. The van der Waals surface area contributed by atoms with E-state index in [1.807, 2.05) is 24.3 Å². The van der Waals surface area contributed by atoms with Crippen LogP contribution in [0, 0.1) is 0 Å². The van der Waals surface area contributed by atoms with Crippen LogP contribution in [-0.4, -0.2) is 24.7 Å². The zero-order chi connectivity index (χ0) is 12.7. The highest BCUT2D eigenvalue weighted by Crippen LogP contribution is 2.18. The summed E-state index contributed by atoms with van der Waals surface area (Å²) < 4.78 is 5.50. The summed E-state index contributed by atoms with van der Waals surface area (Å²) in [6.45, 7) is 2.21. The second-order valence-corrected chi connectivity index (χ2v) is 3.87. The predicted molar refractivity (Wildman–Crippen MR) is 65.9 cm³/mol. The van der Waals surface area contributed by atoms with Crippen molar-refractivity contribution in [2.75, 3.05) is 13.7 Å². The Morgan fingerprint density at radius 3 is 2.94 bits per heavy atom. The van der Waals surface area contributed by atoms with E-state index in [0.717, 1.165) is 11.3 Å². The molecule has 0 aromatic heterocycles. The van der Waals surface area contributed by atoms with Crippen LogP contribution in [-0.2, 0) is 4.79 Å². The molecule has 0 radical (unpaired) electrons. The molecule has 0 unspecified atom stereocenters. The number of nitrogens with one attached hydrogen (secondary N) is 1. The molecule has 0 fully saturated rings. The average molecular weight is 237 g/mol. The fourth-order valence-electron chi connectivity index (χ4n) is 1.41. The first-order chi connectivity index (χ1) is 8.13. The lowest BCUT2D eigenvalue weighted by Gasteiger charge is -2.09. The number of aliphatic hydroxyl groups is 1. The van der Waals surface area contributed by atoms with Crippen molar-refractivity contribution in [3.63, 3.8) is 0 Å². The highest BCUT2D eigenvalue weighted by molar-refractivity contribution is 5.75. The zero-order valence-electron chi connectivity index (χ0n) is 10.3. The van der Waals surface area contributed by atoms with E-state index in [1.165, 1.54) is 0 Å². The third kappa shape index (κ3) is 4.87. The summed E-state index contributed by atoms with van der Waals surface area (Å²) >= 11 is 0. The molecule has 0 aliphatic carbocycles. The third-order valence-electron chi connectivity index (χ3n) is 2.44. The van der Waals surface area contributed by atoms with E-state index in [9.17, 15) is 9.90 Å². The van der Waals surface area contributed by atoms with Crippen molar-refractivity contribution in [3.05, 3.63) is 29.8 Å². The summed E-state index contributed by atoms with van der Waals surface area (Å²) in [6.07, 6.45) is 0.648. The van der Waals surface area contributed by atoms with Crippen LogP contribution in [0.2, 0.25) is 0 Å². The van der Waals surface area contributed by atoms with Crippen molar-refractivity contribution in [1.82, 2.24) is 5.32 Å². The van der Waals surface area contributed by atoms with Crippen LogP contribution in [0.15, 0.2) is 24.3 Å². The number of carbonyl (C=O) groups is 1. The fraction of sp³-hybridized carbons (Fsp3) is 0.462. The van der Waals surface area contributed by atoms with E-state index in [0.29, 0.717) is 19.4 Å². The number of aliphatic hydroxyl groups excluding tert-OH is 1. The molecule has 2 N–H and O–H groups in total. The average Bonchev–Trinajstić information content (AvgIpc) is 2.34. The SMILES string of the molecule is CNC(=O)CCCOc1cccc([C@H](C)O)c1. The number of amides is 1. The van der Waals surface area contributed by atoms with Crippen LogP contribution in [0.3, 0.4) is 0 Å². The van der Waals surface area contributed by atoms with E-state index < -0.39 is 6.10 Å². The number of carbonyl (C=O) groups excluding carboxylic acids is 1. The molecule has 17 heavy (non-hydrogen) atoms. The van der Waals surface area contributed by atoms with Gasteiger partial charge in [-0.3, -0.25) is 4.79 Å². The minimum absolute atomic E-state index is 0.0198. The second-order valence-electron chi connectivity index (χ2n) is 3.87. The molecule has 0 bridgehead atoms. The number of hydrogen-bond acceptors (Lipinski definition) is 3. The van der Waals surface area contributed by atoms with Gasteiger partial charge in [0, 0.05) is 13.5 Å². The molecule has 1 atom stereocenters. The van der Waals surface area contributed by atoms with Crippen molar-refractivity contribution in [2.45, 2.75) is 25.9 Å². The third-order valence-corrected chi connectivity index (χ3v) is 2.44. The Morgan fingerprint density at radius 2 is 2.29 bits per heavy atom. The molecular formula is C13H19NO3. The first-order valence-electron chi connectivity index (χ1n) is 5.75. The topological polar surface area (TPSA) is 58.6 Å². The van der Waals surface area contributed by atoms with Crippen LogP contribution < -0.4 is 10.1 Å². The van der Waals surface area contributed by atoms with E-state index in [-0.39, 0.29) is 5.91 Å². The zero-order valence-corrected chi connectivity index (χ0v) is 10.3. The lowest BCUT2D eigenvalue weighted by molar-refractivity contribution is -0.120. The van der Waals surface area contributed by atoms with Crippen LogP contribution in [0.5, 0.6) is 5.75 Å². The lowest BCUT2D eigenvalue weighted by Crippen LogP contribution is -2.18. The van der Waals surface area contributed by atoms with Gasteiger partial charge in [0.25, 0.3) is 0 Å². The molecule has 1 aromatic carbocycles. The molecular weight excluding hydrogens is 218 g/mol. The Morgan fingerprint density at radius 1 is 1.53 bits per heavy atom. The molecule has 1 rings (SSSR count). The molecule has 94 valence electrons. The minimum atomic E-state index is -0.496. The molecule has 4 nitrogen and oxygen atoms in total. The van der Waals surface area contributed by atoms with E-state index in [2.05, 4.69) is 5.32 Å². The maximum atomic E-state index is 11.0. The van der Waals surface area contributed by atoms with Gasteiger partial charge in [-0.05, 0) is 31.0 Å². The number of hydrogen-bond donors (Lipinski definition) is 2. The van der Waals surface area contributed by atoms with E-state index >= 15 is 0 Å². The Hall–Kier alpha value is -1.55. The van der Waals surface area contributed by atoms with E-state index in [1.54, 1.807) is 14.0 Å². The Bertz CT molecular complexity index is 363. The van der Waals surface area contributed by atoms with Crippen LogP contribution in [0.4, 0.5) is 0 Å². The van der Waals surface area contributed by atoms with Crippen molar-refractivity contribution in [1.29, 1.82) is 0 Å². The highest BCUT2D eigenvalue weighted by atomic mass is 16.5. The molecule has 4 heteroatoms. The summed E-state index contributed by atoms with van der Waals surface area (Å²) in [5.74, 6) is 0.742. The van der Waals surface area contributed by atoms with Gasteiger partial charge in [0.1, 0.15) is 5.75 Å². The van der Waals surface area contributed by atoms with Crippen molar-refractivity contribution in [3.8, 4) is 5.75 Å². The molecule has 0 heterocycles. The van der Waals surface area contributed by atoms with Gasteiger partial charge < -0.3 is 15.2 Å². The summed E-state index contributed by atoms with van der Waals surface area (Å²) in [6, 6.07) is 7.34. The van der Waals surface area contributed by atoms with Crippen LogP contribution in [0.1, 0.15) is 31.4 Å². The Labute approximate surface area is 102 Å². The van der Waals surface area contributed by atoms with Crippen molar-refractivity contribution >= 4 is 5.91 Å². The normalized spacial score (nSPS) is 11.9. The highest BCUT2D eigenvalue weighted by Gasteiger charge is 2.02. The van der Waals surface area contributed by atoms with Crippen molar-refractivity contribution in [2.24, 2.45) is 0 Å². The summed E-state index contributed by atoms with van der Waals surface area (Å²) in [5, 5.41) is 12.0. The molecule has 1 amide bonds. The summed E-state index contributed by atoms with van der Waals surface area (Å²) in [7, 11) is 1.62. The molecule has 0 saturated heterocycles. The number of benzene rings is 1. The van der Waals surface area contributed by atoms with Gasteiger partial charge in [0.15, 0.2) is 0 Å². The predicted octanol–water partition coefficient (Wildman–Crippen LogP) is 1.64. The van der Waals surface area contributed by atoms with E-state index in [4.69, 9.17) is 4.74 Å². The fourth-order valence-corrected chi connectivity index (χ4v) is 1.41. The second kappa shape index (κ2) is 6.91. The molecule has 1 aromatic rings. The Kier molecular flexibility index (Phi) is 5.49. The van der Waals surface area contributed by atoms with Crippen LogP contribution in [0.25, 0.3) is 0 Å². The number of ether oxygens (including phenoxy) is 1. The van der Waals surface area contributed by atoms with Gasteiger partial charge >= 0.3 is 0 Å². The summed E-state index contributed by atoms with van der Waals surface area (Å²) in [4.78, 5) is 11.0. The maximum Gasteiger partial charge on any atom is 0.219 e. The standard InChI is InChI=1S/C13H19NO3/c1-10(15)11-5-3-6-12(9-11)17-8-4-7-13(16)14-2/h3,5-6,9-10,15H,4,7-8H2,1-2H3,(H,14,16)/t10-/m0/s1. The molecule has 0 spiro atoms. The molecule has 0 saturated carbocycles. The summed E-state index contributed by atoms with van der Waals surface area (Å²) in [5.41, 5.74) is 0.828. The van der Waals surface area contributed by atoms with Gasteiger partial charge in [-0.2, -0.15) is 0 Å². The van der Waals surface area contributed by atoms with Gasteiger partial charge in [-0.15, -0.1) is 0 Å². The first kappa shape index (κ1) is 13.5. The quantitative estimate of drug-likeness (QED) is 0.739. The van der Waals surface area contributed by atoms with Gasteiger partial charge in [0.2, 0.25) is 5.91 Å². The minimum Gasteiger partial charge on any atom is -0.494 e. The van der Waals surface area contributed by atoms with Crippen LogP contribution >= 0.6 is 0 Å². The monoisotopic (exact) mass is 237 g/mol.